The fraction of sp³-hybridized carbons (Fsp3) is 0.533. The monoisotopic (exact) mass is 280 g/mol. The van der Waals surface area contributed by atoms with Crippen molar-refractivity contribution in [2.24, 2.45) is 0 Å². The van der Waals surface area contributed by atoms with Gasteiger partial charge in [0.1, 0.15) is 11.4 Å². The van der Waals surface area contributed by atoms with Crippen molar-refractivity contribution in [2.45, 2.75) is 45.8 Å². The molecule has 1 amide bonds. The Morgan fingerprint density at radius 3 is 2.55 bits per heavy atom. The number of hydrogen-bond donors (Lipinski definition) is 3. The van der Waals surface area contributed by atoms with Crippen molar-refractivity contribution in [1.82, 2.24) is 5.32 Å². The summed E-state index contributed by atoms with van der Waals surface area (Å²) < 4.78 is 5.18. The molecule has 0 spiro atoms. The molecule has 112 valence electrons. The Labute approximate surface area is 120 Å². The van der Waals surface area contributed by atoms with Gasteiger partial charge in [0.05, 0.1) is 5.69 Å². The Kier molecular flexibility index (Phi) is 5.67. The van der Waals surface area contributed by atoms with Gasteiger partial charge < -0.3 is 20.5 Å². The van der Waals surface area contributed by atoms with Crippen LogP contribution >= 0.6 is 0 Å². The van der Waals surface area contributed by atoms with Crippen molar-refractivity contribution in [3.8, 4) is 5.75 Å². The van der Waals surface area contributed by atoms with Crippen molar-refractivity contribution in [1.29, 1.82) is 0 Å². The van der Waals surface area contributed by atoms with Crippen molar-refractivity contribution in [3.63, 3.8) is 0 Å². The minimum atomic E-state index is -0.503. The third kappa shape index (κ3) is 5.82. The maximum absolute atomic E-state index is 11.6. The van der Waals surface area contributed by atoms with Gasteiger partial charge in [0.15, 0.2) is 0 Å². The molecular weight excluding hydrogens is 256 g/mol. The molecular formula is C15H24N2O3. The van der Waals surface area contributed by atoms with E-state index in [1.165, 1.54) is 0 Å². The van der Waals surface area contributed by atoms with Gasteiger partial charge in [-0.05, 0) is 39.3 Å². The number of phenolic OH excluding ortho intramolecular Hbond substituents is 1. The van der Waals surface area contributed by atoms with Crippen molar-refractivity contribution in [3.05, 3.63) is 24.3 Å². The average molecular weight is 280 g/mol. The van der Waals surface area contributed by atoms with Crippen LogP contribution in [-0.2, 0) is 4.74 Å². The first kappa shape index (κ1) is 16.1. The van der Waals surface area contributed by atoms with E-state index in [0.29, 0.717) is 12.2 Å². The fourth-order valence-electron chi connectivity index (χ4n) is 1.63. The number of nitrogens with one attached hydrogen (secondary N) is 2. The van der Waals surface area contributed by atoms with E-state index in [-0.39, 0.29) is 11.8 Å². The molecule has 5 nitrogen and oxygen atoms in total. The minimum absolute atomic E-state index is 0.0239. The third-order valence-electron chi connectivity index (χ3n) is 2.65. The predicted molar refractivity (Wildman–Crippen MR) is 80.0 cm³/mol. The molecule has 0 saturated heterocycles. The first-order valence-electron chi connectivity index (χ1n) is 6.83. The molecule has 1 aromatic rings. The zero-order chi connectivity index (χ0) is 15.2. The van der Waals surface area contributed by atoms with Crippen LogP contribution in [0.3, 0.4) is 0 Å². The van der Waals surface area contributed by atoms with Crippen LogP contribution in [0.1, 0.15) is 34.1 Å². The van der Waals surface area contributed by atoms with Crippen LogP contribution in [-0.4, -0.2) is 29.4 Å². The SMILES string of the molecule is CCC(CNC(=O)OC(C)(C)C)Nc1ccccc1O. The predicted octanol–water partition coefficient (Wildman–Crippen LogP) is 3.11. The highest BCUT2D eigenvalue weighted by Crippen LogP contribution is 2.22. The Morgan fingerprint density at radius 1 is 1.35 bits per heavy atom. The Bertz CT molecular complexity index is 441. The molecule has 5 heteroatoms. The number of aromatic hydroxyl groups is 1. The number of carbonyl (C=O) groups is 1. The van der Waals surface area contributed by atoms with Crippen LogP contribution in [0.25, 0.3) is 0 Å². The van der Waals surface area contributed by atoms with Gasteiger partial charge in [0.2, 0.25) is 0 Å². The number of anilines is 1. The zero-order valence-corrected chi connectivity index (χ0v) is 12.6. The first-order valence-corrected chi connectivity index (χ1v) is 6.83. The highest BCUT2D eigenvalue weighted by atomic mass is 16.6. The van der Waals surface area contributed by atoms with Gasteiger partial charge >= 0.3 is 6.09 Å². The van der Waals surface area contributed by atoms with Crippen molar-refractivity contribution in [2.75, 3.05) is 11.9 Å². The summed E-state index contributed by atoms with van der Waals surface area (Å²) in [5.74, 6) is 0.197. The van der Waals surface area contributed by atoms with Crippen LogP contribution in [0.5, 0.6) is 5.75 Å². The largest absolute Gasteiger partial charge is 0.506 e. The van der Waals surface area contributed by atoms with Crippen LogP contribution in [0.4, 0.5) is 10.5 Å². The second kappa shape index (κ2) is 7.03. The van der Waals surface area contributed by atoms with E-state index in [4.69, 9.17) is 4.74 Å². The van der Waals surface area contributed by atoms with Gasteiger partial charge in [0.25, 0.3) is 0 Å². The average Bonchev–Trinajstić information content (AvgIpc) is 2.34. The molecule has 0 heterocycles. The molecule has 0 aliphatic rings. The fourth-order valence-corrected chi connectivity index (χ4v) is 1.63. The Balaban J connectivity index is 2.48. The quantitative estimate of drug-likeness (QED) is 0.725. The van der Waals surface area contributed by atoms with Gasteiger partial charge in [-0.2, -0.15) is 0 Å². The van der Waals surface area contributed by atoms with Gasteiger partial charge in [-0.3, -0.25) is 0 Å². The number of hydrogen-bond acceptors (Lipinski definition) is 4. The van der Waals surface area contributed by atoms with Crippen LogP contribution in [0.2, 0.25) is 0 Å². The third-order valence-corrected chi connectivity index (χ3v) is 2.65. The molecule has 0 fully saturated rings. The van der Waals surface area contributed by atoms with Crippen LogP contribution in [0.15, 0.2) is 24.3 Å². The highest BCUT2D eigenvalue weighted by molar-refractivity contribution is 5.67. The summed E-state index contributed by atoms with van der Waals surface area (Å²) in [5.41, 5.74) is 0.155. The van der Waals surface area contributed by atoms with Gasteiger partial charge in [-0.25, -0.2) is 4.79 Å². The maximum atomic E-state index is 11.6. The van der Waals surface area contributed by atoms with E-state index in [1.807, 2.05) is 33.8 Å². The van der Waals surface area contributed by atoms with Gasteiger partial charge in [-0.15, -0.1) is 0 Å². The second-order valence-corrected chi connectivity index (χ2v) is 5.65. The van der Waals surface area contributed by atoms with E-state index in [2.05, 4.69) is 10.6 Å². The molecule has 3 N–H and O–H groups in total. The highest BCUT2D eigenvalue weighted by Gasteiger charge is 2.17. The lowest BCUT2D eigenvalue weighted by Gasteiger charge is -2.22. The summed E-state index contributed by atoms with van der Waals surface area (Å²) in [6, 6.07) is 7.05. The number of benzene rings is 1. The molecule has 0 aliphatic carbocycles. The number of rotatable bonds is 5. The lowest BCUT2D eigenvalue weighted by molar-refractivity contribution is 0.0525. The second-order valence-electron chi connectivity index (χ2n) is 5.65. The number of alkyl carbamates (subject to hydrolysis) is 1. The topological polar surface area (TPSA) is 70.6 Å². The lowest BCUT2D eigenvalue weighted by Crippen LogP contribution is -2.39. The van der Waals surface area contributed by atoms with E-state index in [9.17, 15) is 9.90 Å². The van der Waals surface area contributed by atoms with Crippen LogP contribution in [0, 0.1) is 0 Å². The number of carbonyl (C=O) groups excluding carboxylic acids is 1. The Hall–Kier alpha value is -1.91. The maximum Gasteiger partial charge on any atom is 0.407 e. The van der Waals surface area contributed by atoms with Gasteiger partial charge in [-0.1, -0.05) is 19.1 Å². The molecule has 0 bridgehead atoms. The lowest BCUT2D eigenvalue weighted by atomic mass is 10.2. The molecule has 1 atom stereocenters. The minimum Gasteiger partial charge on any atom is -0.506 e. The standard InChI is InChI=1S/C15H24N2O3/c1-5-11(10-16-14(19)20-15(2,3)4)17-12-8-6-7-9-13(12)18/h6-9,11,17-18H,5,10H2,1-4H3,(H,16,19). The normalized spacial score (nSPS) is 12.6. The van der Waals surface area contributed by atoms with Crippen LogP contribution < -0.4 is 10.6 Å². The summed E-state index contributed by atoms with van der Waals surface area (Å²) in [7, 11) is 0. The summed E-state index contributed by atoms with van der Waals surface area (Å²) >= 11 is 0. The van der Waals surface area contributed by atoms with Crippen molar-refractivity contribution < 1.29 is 14.6 Å². The molecule has 1 rings (SSSR count). The number of ether oxygens (including phenoxy) is 1. The van der Waals surface area contributed by atoms with Gasteiger partial charge in [0, 0.05) is 12.6 Å². The Morgan fingerprint density at radius 2 is 2.00 bits per heavy atom. The molecule has 0 radical (unpaired) electrons. The van der Waals surface area contributed by atoms with E-state index < -0.39 is 11.7 Å². The smallest absolute Gasteiger partial charge is 0.407 e. The molecule has 0 saturated carbocycles. The molecule has 0 aliphatic heterocycles. The number of para-hydroxylation sites is 2. The summed E-state index contributed by atoms with van der Waals surface area (Å²) in [6.07, 6.45) is 0.375. The first-order chi connectivity index (χ1) is 9.31. The molecule has 20 heavy (non-hydrogen) atoms. The number of amides is 1. The number of phenols is 1. The molecule has 1 unspecified atom stereocenters. The van der Waals surface area contributed by atoms with Crippen molar-refractivity contribution >= 4 is 11.8 Å². The van der Waals surface area contributed by atoms with E-state index in [1.54, 1.807) is 18.2 Å². The molecule has 1 aromatic carbocycles. The van der Waals surface area contributed by atoms with E-state index in [0.717, 1.165) is 6.42 Å². The summed E-state index contributed by atoms with van der Waals surface area (Å²) in [6.45, 7) is 7.91. The van der Waals surface area contributed by atoms with E-state index >= 15 is 0 Å². The summed E-state index contributed by atoms with van der Waals surface area (Å²) in [5, 5.41) is 15.6. The zero-order valence-electron chi connectivity index (χ0n) is 12.6. The summed E-state index contributed by atoms with van der Waals surface area (Å²) in [4.78, 5) is 11.6. The molecule has 0 aromatic heterocycles.